The highest BCUT2D eigenvalue weighted by molar-refractivity contribution is 8.00. The maximum absolute atomic E-state index is 13.9. The highest BCUT2D eigenvalue weighted by atomic mass is 32.2. The van der Waals surface area contributed by atoms with E-state index in [9.17, 15) is 14.0 Å². The molecule has 1 aliphatic heterocycles. The zero-order chi connectivity index (χ0) is 19.2. The molecule has 0 saturated carbocycles. The zero-order valence-electron chi connectivity index (χ0n) is 15.4. The second kappa shape index (κ2) is 9.04. The van der Waals surface area contributed by atoms with E-state index in [1.54, 1.807) is 33.7 Å². The third-order valence-corrected chi connectivity index (χ3v) is 5.85. The predicted molar refractivity (Wildman–Crippen MR) is 105 cm³/mol. The maximum atomic E-state index is 13.9. The molecule has 142 valence electrons. The van der Waals surface area contributed by atoms with Gasteiger partial charge in [0.1, 0.15) is 5.82 Å². The molecule has 0 bridgehead atoms. The smallest absolute Gasteiger partial charge is 0.256 e. The van der Waals surface area contributed by atoms with Crippen LogP contribution >= 0.6 is 11.8 Å². The molecule has 0 N–H and O–H groups in total. The average Bonchev–Trinajstić information content (AvgIpc) is 2.93. The van der Waals surface area contributed by atoms with Gasteiger partial charge >= 0.3 is 0 Å². The first-order chi connectivity index (χ1) is 13.1. The van der Waals surface area contributed by atoms with Crippen LogP contribution in [0.5, 0.6) is 0 Å². The molecule has 2 aromatic rings. The standard InChI is InChI=1S/C21H23FN2O2S/c1-16-7-2-5-10-19(16)27-15-20(25)23-11-6-12-24(14-13-23)21(26)17-8-3-4-9-18(17)22/h2-5,7-10H,6,11-15H2,1H3. The van der Waals surface area contributed by atoms with Crippen LogP contribution in [0.2, 0.25) is 0 Å². The fourth-order valence-electron chi connectivity index (χ4n) is 3.12. The molecular weight excluding hydrogens is 363 g/mol. The number of hydrogen-bond acceptors (Lipinski definition) is 3. The van der Waals surface area contributed by atoms with Crippen LogP contribution in [0.3, 0.4) is 0 Å². The summed E-state index contributed by atoms with van der Waals surface area (Å²) in [7, 11) is 0. The van der Waals surface area contributed by atoms with Crippen LogP contribution < -0.4 is 0 Å². The topological polar surface area (TPSA) is 40.6 Å². The van der Waals surface area contributed by atoms with Crippen molar-refractivity contribution in [1.29, 1.82) is 0 Å². The van der Waals surface area contributed by atoms with Gasteiger partial charge in [-0.2, -0.15) is 0 Å². The van der Waals surface area contributed by atoms with Crippen LogP contribution in [0.1, 0.15) is 22.3 Å². The molecule has 0 aromatic heterocycles. The lowest BCUT2D eigenvalue weighted by molar-refractivity contribution is -0.128. The van der Waals surface area contributed by atoms with Gasteiger partial charge in [-0.3, -0.25) is 9.59 Å². The molecule has 0 unspecified atom stereocenters. The fourth-order valence-corrected chi connectivity index (χ4v) is 4.06. The Balaban J connectivity index is 1.56. The summed E-state index contributed by atoms with van der Waals surface area (Å²) in [6.45, 7) is 4.09. The van der Waals surface area contributed by atoms with E-state index >= 15 is 0 Å². The van der Waals surface area contributed by atoms with E-state index in [0.29, 0.717) is 38.4 Å². The van der Waals surface area contributed by atoms with Gasteiger partial charge in [0.2, 0.25) is 5.91 Å². The van der Waals surface area contributed by atoms with Crippen molar-refractivity contribution in [3.05, 3.63) is 65.5 Å². The Morgan fingerprint density at radius 3 is 2.41 bits per heavy atom. The summed E-state index contributed by atoms with van der Waals surface area (Å²) in [4.78, 5) is 29.7. The quantitative estimate of drug-likeness (QED) is 0.754. The van der Waals surface area contributed by atoms with Gasteiger partial charge < -0.3 is 9.80 Å². The van der Waals surface area contributed by atoms with E-state index < -0.39 is 5.82 Å². The highest BCUT2D eigenvalue weighted by Gasteiger charge is 2.24. The number of nitrogens with zero attached hydrogens (tertiary/aromatic N) is 2. The summed E-state index contributed by atoms with van der Waals surface area (Å²) in [5.74, 6) is -0.360. The molecule has 1 saturated heterocycles. The summed E-state index contributed by atoms with van der Waals surface area (Å²) in [6.07, 6.45) is 0.695. The van der Waals surface area contributed by atoms with Crippen LogP contribution in [-0.2, 0) is 4.79 Å². The second-order valence-corrected chi connectivity index (χ2v) is 7.58. The molecule has 27 heavy (non-hydrogen) atoms. The number of amides is 2. The number of rotatable bonds is 4. The molecule has 1 heterocycles. The second-order valence-electron chi connectivity index (χ2n) is 6.56. The third kappa shape index (κ3) is 4.89. The summed E-state index contributed by atoms with van der Waals surface area (Å²) in [5.41, 5.74) is 1.25. The molecule has 0 radical (unpaired) electrons. The van der Waals surface area contributed by atoms with Gasteiger partial charge in [-0.15, -0.1) is 11.8 Å². The number of benzene rings is 2. The highest BCUT2D eigenvalue weighted by Crippen LogP contribution is 2.22. The van der Waals surface area contributed by atoms with E-state index in [0.717, 1.165) is 10.5 Å². The van der Waals surface area contributed by atoms with Gasteiger partial charge in [0.15, 0.2) is 0 Å². The predicted octanol–water partition coefficient (Wildman–Crippen LogP) is 3.60. The monoisotopic (exact) mass is 386 g/mol. The summed E-state index contributed by atoms with van der Waals surface area (Å²) in [5, 5.41) is 0. The lowest BCUT2D eigenvalue weighted by Crippen LogP contribution is -2.38. The Bertz CT molecular complexity index is 827. The SMILES string of the molecule is Cc1ccccc1SCC(=O)N1CCCN(C(=O)c2ccccc2F)CC1. The van der Waals surface area contributed by atoms with Gasteiger partial charge in [-0.25, -0.2) is 4.39 Å². The first-order valence-corrected chi connectivity index (χ1v) is 10.0. The molecule has 4 nitrogen and oxygen atoms in total. The maximum Gasteiger partial charge on any atom is 0.256 e. The Hall–Kier alpha value is -2.34. The molecule has 0 aliphatic carbocycles. The van der Waals surface area contributed by atoms with Crippen molar-refractivity contribution >= 4 is 23.6 Å². The van der Waals surface area contributed by atoms with E-state index in [1.807, 2.05) is 31.2 Å². The van der Waals surface area contributed by atoms with Crippen LogP contribution in [0.25, 0.3) is 0 Å². The molecule has 0 spiro atoms. The molecule has 1 fully saturated rings. The van der Waals surface area contributed by atoms with Crippen LogP contribution in [-0.4, -0.2) is 53.5 Å². The number of aryl methyl sites for hydroxylation is 1. The van der Waals surface area contributed by atoms with Crippen molar-refractivity contribution in [3.63, 3.8) is 0 Å². The van der Waals surface area contributed by atoms with E-state index in [-0.39, 0.29) is 17.4 Å². The van der Waals surface area contributed by atoms with E-state index in [2.05, 4.69) is 0 Å². The normalized spacial score (nSPS) is 14.7. The number of hydrogen-bond donors (Lipinski definition) is 0. The molecule has 2 amide bonds. The fraction of sp³-hybridized carbons (Fsp3) is 0.333. The van der Waals surface area contributed by atoms with Gasteiger partial charge in [-0.05, 0) is 37.1 Å². The molecule has 6 heteroatoms. The van der Waals surface area contributed by atoms with Crippen LogP contribution in [0, 0.1) is 12.7 Å². The molecule has 3 rings (SSSR count). The third-order valence-electron chi connectivity index (χ3n) is 4.68. The molecule has 2 aromatic carbocycles. The molecular formula is C21H23FN2O2S. The van der Waals surface area contributed by atoms with Gasteiger partial charge in [0.05, 0.1) is 11.3 Å². The summed E-state index contributed by atoms with van der Waals surface area (Å²) in [6, 6.07) is 14.0. The van der Waals surface area contributed by atoms with Crippen molar-refractivity contribution in [1.82, 2.24) is 9.80 Å². The average molecular weight is 386 g/mol. The van der Waals surface area contributed by atoms with Crippen molar-refractivity contribution < 1.29 is 14.0 Å². The number of carbonyl (C=O) groups excluding carboxylic acids is 2. The molecule has 0 atom stereocenters. The van der Waals surface area contributed by atoms with Gasteiger partial charge in [-0.1, -0.05) is 30.3 Å². The largest absolute Gasteiger partial charge is 0.340 e. The van der Waals surface area contributed by atoms with Crippen molar-refractivity contribution in [2.75, 3.05) is 31.9 Å². The van der Waals surface area contributed by atoms with Crippen LogP contribution in [0.15, 0.2) is 53.4 Å². The van der Waals surface area contributed by atoms with E-state index in [1.165, 1.54) is 12.1 Å². The van der Waals surface area contributed by atoms with Crippen molar-refractivity contribution in [2.24, 2.45) is 0 Å². The van der Waals surface area contributed by atoms with Gasteiger partial charge in [0, 0.05) is 31.1 Å². The van der Waals surface area contributed by atoms with Crippen molar-refractivity contribution in [2.45, 2.75) is 18.2 Å². The van der Waals surface area contributed by atoms with Gasteiger partial charge in [0.25, 0.3) is 5.91 Å². The summed E-state index contributed by atoms with van der Waals surface area (Å²) < 4.78 is 13.9. The number of thioether (sulfide) groups is 1. The van der Waals surface area contributed by atoms with Crippen molar-refractivity contribution in [3.8, 4) is 0 Å². The zero-order valence-corrected chi connectivity index (χ0v) is 16.2. The number of carbonyl (C=O) groups is 2. The summed E-state index contributed by atoms with van der Waals surface area (Å²) >= 11 is 1.54. The Morgan fingerprint density at radius 1 is 0.963 bits per heavy atom. The van der Waals surface area contributed by atoms with Crippen LogP contribution in [0.4, 0.5) is 4.39 Å². The number of halogens is 1. The Labute approximate surface area is 163 Å². The first-order valence-electron chi connectivity index (χ1n) is 9.06. The minimum absolute atomic E-state index is 0.0726. The minimum Gasteiger partial charge on any atom is -0.340 e. The minimum atomic E-state index is -0.505. The lowest BCUT2D eigenvalue weighted by atomic mass is 10.2. The lowest BCUT2D eigenvalue weighted by Gasteiger charge is -2.22. The first kappa shape index (κ1) is 19.4. The molecule has 1 aliphatic rings. The van der Waals surface area contributed by atoms with E-state index in [4.69, 9.17) is 0 Å². The Kier molecular flexibility index (Phi) is 6.50. The Morgan fingerprint density at radius 2 is 1.63 bits per heavy atom.